The van der Waals surface area contributed by atoms with Gasteiger partial charge in [0.15, 0.2) is 0 Å². The summed E-state index contributed by atoms with van der Waals surface area (Å²) in [7, 11) is 0. The first-order valence-electron chi connectivity index (χ1n) is 7.27. The van der Waals surface area contributed by atoms with Crippen molar-refractivity contribution in [3.63, 3.8) is 0 Å². The Balaban J connectivity index is 2.06. The fraction of sp³-hybridized carbons (Fsp3) is 0.368. The lowest BCUT2D eigenvalue weighted by Gasteiger charge is -2.19. The van der Waals surface area contributed by atoms with Crippen molar-refractivity contribution in [3.8, 4) is 0 Å². The number of hydrogen-bond acceptors (Lipinski definition) is 1. The third-order valence-corrected chi connectivity index (χ3v) is 3.95. The summed E-state index contributed by atoms with van der Waals surface area (Å²) in [4.78, 5) is 0. The van der Waals surface area contributed by atoms with Gasteiger partial charge in [-0.05, 0) is 53.6 Å². The Morgan fingerprint density at radius 3 is 2.15 bits per heavy atom. The minimum atomic E-state index is 0.214. The van der Waals surface area contributed by atoms with E-state index in [0.29, 0.717) is 0 Å². The molecular weight excluding hydrogens is 242 g/mol. The number of benzene rings is 2. The SMILES string of the molecule is Cc1cccc(CNc2ccc(C(C)(C)C)cc2)c1C. The summed E-state index contributed by atoms with van der Waals surface area (Å²) < 4.78 is 0. The van der Waals surface area contributed by atoms with Crippen LogP contribution < -0.4 is 5.32 Å². The lowest BCUT2D eigenvalue weighted by molar-refractivity contribution is 0.590. The molecule has 2 aromatic rings. The zero-order valence-electron chi connectivity index (χ0n) is 13.2. The maximum absolute atomic E-state index is 3.51. The van der Waals surface area contributed by atoms with Gasteiger partial charge in [-0.1, -0.05) is 51.1 Å². The summed E-state index contributed by atoms with van der Waals surface area (Å²) >= 11 is 0. The highest BCUT2D eigenvalue weighted by molar-refractivity contribution is 5.47. The van der Waals surface area contributed by atoms with Crippen LogP contribution in [-0.4, -0.2) is 0 Å². The molecule has 0 aromatic heterocycles. The van der Waals surface area contributed by atoms with Crippen LogP contribution in [0.25, 0.3) is 0 Å². The summed E-state index contributed by atoms with van der Waals surface area (Å²) in [6.07, 6.45) is 0. The van der Waals surface area contributed by atoms with Crippen LogP contribution in [0.5, 0.6) is 0 Å². The van der Waals surface area contributed by atoms with E-state index in [4.69, 9.17) is 0 Å². The molecule has 0 fully saturated rings. The normalized spacial score (nSPS) is 11.4. The van der Waals surface area contributed by atoms with Gasteiger partial charge in [-0.15, -0.1) is 0 Å². The number of aryl methyl sites for hydroxylation is 1. The van der Waals surface area contributed by atoms with E-state index < -0.39 is 0 Å². The van der Waals surface area contributed by atoms with E-state index in [0.717, 1.165) is 6.54 Å². The predicted octanol–water partition coefficient (Wildman–Crippen LogP) is 5.21. The number of anilines is 1. The van der Waals surface area contributed by atoms with Crippen molar-refractivity contribution in [1.82, 2.24) is 0 Å². The molecule has 0 aliphatic carbocycles. The molecule has 0 radical (unpaired) electrons. The Morgan fingerprint density at radius 2 is 1.55 bits per heavy atom. The maximum Gasteiger partial charge on any atom is 0.0403 e. The topological polar surface area (TPSA) is 12.0 Å². The van der Waals surface area contributed by atoms with Gasteiger partial charge in [0, 0.05) is 12.2 Å². The van der Waals surface area contributed by atoms with Crippen molar-refractivity contribution >= 4 is 5.69 Å². The molecule has 0 aliphatic heterocycles. The molecule has 1 nitrogen and oxygen atoms in total. The lowest BCUT2D eigenvalue weighted by Crippen LogP contribution is -2.10. The van der Waals surface area contributed by atoms with E-state index in [1.165, 1.54) is 27.9 Å². The van der Waals surface area contributed by atoms with Crippen molar-refractivity contribution in [3.05, 3.63) is 64.7 Å². The average molecular weight is 267 g/mol. The van der Waals surface area contributed by atoms with Crippen LogP contribution in [-0.2, 0) is 12.0 Å². The van der Waals surface area contributed by atoms with Crippen LogP contribution in [0.15, 0.2) is 42.5 Å². The van der Waals surface area contributed by atoms with E-state index in [1.54, 1.807) is 0 Å². The Kier molecular flexibility index (Phi) is 4.17. The van der Waals surface area contributed by atoms with Gasteiger partial charge in [-0.3, -0.25) is 0 Å². The molecule has 20 heavy (non-hydrogen) atoms. The van der Waals surface area contributed by atoms with Crippen LogP contribution in [0, 0.1) is 13.8 Å². The first-order chi connectivity index (χ1) is 9.38. The van der Waals surface area contributed by atoms with E-state index in [9.17, 15) is 0 Å². The Labute approximate surface area is 123 Å². The summed E-state index contributed by atoms with van der Waals surface area (Å²) in [5.74, 6) is 0. The monoisotopic (exact) mass is 267 g/mol. The first-order valence-corrected chi connectivity index (χ1v) is 7.27. The molecule has 106 valence electrons. The maximum atomic E-state index is 3.51. The van der Waals surface area contributed by atoms with Gasteiger partial charge in [0.1, 0.15) is 0 Å². The first kappa shape index (κ1) is 14.6. The van der Waals surface area contributed by atoms with Crippen LogP contribution in [0.3, 0.4) is 0 Å². The van der Waals surface area contributed by atoms with Crippen molar-refractivity contribution in [1.29, 1.82) is 0 Å². The molecule has 0 bridgehead atoms. The van der Waals surface area contributed by atoms with E-state index >= 15 is 0 Å². The Hall–Kier alpha value is -1.76. The van der Waals surface area contributed by atoms with Crippen molar-refractivity contribution in [2.45, 2.75) is 46.6 Å². The molecule has 0 atom stereocenters. The van der Waals surface area contributed by atoms with Crippen molar-refractivity contribution < 1.29 is 0 Å². The molecular formula is C19H25N. The zero-order valence-corrected chi connectivity index (χ0v) is 13.2. The molecule has 0 amide bonds. The van der Waals surface area contributed by atoms with Crippen LogP contribution in [0.2, 0.25) is 0 Å². The summed E-state index contributed by atoms with van der Waals surface area (Å²) in [5.41, 5.74) is 6.86. The molecule has 2 rings (SSSR count). The number of nitrogens with one attached hydrogen (secondary N) is 1. The second-order valence-corrected chi connectivity index (χ2v) is 6.54. The van der Waals surface area contributed by atoms with Crippen molar-refractivity contribution in [2.24, 2.45) is 0 Å². The van der Waals surface area contributed by atoms with Gasteiger partial charge in [-0.25, -0.2) is 0 Å². The van der Waals surface area contributed by atoms with Gasteiger partial charge < -0.3 is 5.32 Å². The molecule has 0 saturated heterocycles. The average Bonchev–Trinajstić information content (AvgIpc) is 2.40. The summed E-state index contributed by atoms with van der Waals surface area (Å²) in [6.45, 7) is 12.0. The number of hydrogen-bond donors (Lipinski definition) is 1. The van der Waals surface area contributed by atoms with Gasteiger partial charge in [0.25, 0.3) is 0 Å². The minimum absolute atomic E-state index is 0.214. The fourth-order valence-electron chi connectivity index (χ4n) is 2.29. The molecule has 0 aliphatic rings. The zero-order chi connectivity index (χ0) is 14.8. The molecule has 0 unspecified atom stereocenters. The Bertz CT molecular complexity index is 574. The van der Waals surface area contributed by atoms with Gasteiger partial charge >= 0.3 is 0 Å². The quantitative estimate of drug-likeness (QED) is 0.804. The summed E-state index contributed by atoms with van der Waals surface area (Å²) in [5, 5.41) is 3.51. The highest BCUT2D eigenvalue weighted by Crippen LogP contribution is 2.24. The largest absolute Gasteiger partial charge is 0.381 e. The second-order valence-electron chi connectivity index (χ2n) is 6.54. The molecule has 0 saturated carbocycles. The van der Waals surface area contributed by atoms with Gasteiger partial charge in [0.2, 0.25) is 0 Å². The van der Waals surface area contributed by atoms with Crippen LogP contribution in [0.1, 0.15) is 43.0 Å². The van der Waals surface area contributed by atoms with Gasteiger partial charge in [0.05, 0.1) is 0 Å². The number of rotatable bonds is 3. The minimum Gasteiger partial charge on any atom is -0.381 e. The standard InChI is InChI=1S/C19H25N/c1-14-7-6-8-16(15(14)2)13-20-18-11-9-17(10-12-18)19(3,4)5/h6-12,20H,13H2,1-5H3. The molecule has 1 heteroatoms. The smallest absolute Gasteiger partial charge is 0.0403 e. The summed E-state index contributed by atoms with van der Waals surface area (Å²) in [6, 6.07) is 15.3. The molecule has 2 aromatic carbocycles. The third kappa shape index (κ3) is 3.41. The van der Waals surface area contributed by atoms with E-state index in [2.05, 4.69) is 82.4 Å². The second kappa shape index (κ2) is 5.70. The van der Waals surface area contributed by atoms with Crippen molar-refractivity contribution in [2.75, 3.05) is 5.32 Å². The van der Waals surface area contributed by atoms with E-state index in [1.807, 2.05) is 0 Å². The van der Waals surface area contributed by atoms with Crippen LogP contribution in [0.4, 0.5) is 5.69 Å². The highest BCUT2D eigenvalue weighted by atomic mass is 14.9. The fourth-order valence-corrected chi connectivity index (χ4v) is 2.29. The highest BCUT2D eigenvalue weighted by Gasteiger charge is 2.12. The molecule has 1 N–H and O–H groups in total. The molecule has 0 heterocycles. The lowest BCUT2D eigenvalue weighted by atomic mass is 9.87. The predicted molar refractivity (Wildman–Crippen MR) is 88.4 cm³/mol. The van der Waals surface area contributed by atoms with E-state index in [-0.39, 0.29) is 5.41 Å². The Morgan fingerprint density at radius 1 is 0.900 bits per heavy atom. The van der Waals surface area contributed by atoms with Gasteiger partial charge in [-0.2, -0.15) is 0 Å². The third-order valence-electron chi connectivity index (χ3n) is 3.95. The van der Waals surface area contributed by atoms with Crippen LogP contribution >= 0.6 is 0 Å². The molecule has 0 spiro atoms.